The summed E-state index contributed by atoms with van der Waals surface area (Å²) < 4.78 is 15.3. The van der Waals surface area contributed by atoms with Crippen LogP contribution >= 0.6 is 0 Å². The molecule has 0 N–H and O–H groups in total. The molecule has 0 saturated carbocycles. The van der Waals surface area contributed by atoms with Gasteiger partial charge in [-0.25, -0.2) is 0 Å². The van der Waals surface area contributed by atoms with E-state index in [0.29, 0.717) is 19.8 Å². The Kier molecular flexibility index (Phi) is 5.32. The molecule has 3 heteroatoms. The molecule has 0 bridgehead atoms. The summed E-state index contributed by atoms with van der Waals surface area (Å²) >= 11 is 0. The number of rotatable bonds is 6. The molecule has 0 saturated heterocycles. The van der Waals surface area contributed by atoms with E-state index in [9.17, 15) is 0 Å². The molecule has 0 aliphatic heterocycles. The highest BCUT2D eigenvalue weighted by Gasteiger charge is 2.01. The quantitative estimate of drug-likeness (QED) is 0.720. The van der Waals surface area contributed by atoms with Crippen molar-refractivity contribution in [2.24, 2.45) is 0 Å². The molecule has 0 amide bonds. The Hall–Kier alpha value is -0.900. The predicted octanol–water partition coefficient (Wildman–Crippen LogP) is 2.13. The number of benzene rings is 1. The van der Waals surface area contributed by atoms with E-state index in [4.69, 9.17) is 14.2 Å². The maximum atomic E-state index is 5.11. The fourth-order valence-electron chi connectivity index (χ4n) is 1.59. The molecule has 0 aliphatic carbocycles. The zero-order valence-electron chi connectivity index (χ0n) is 9.58. The second-order valence-electron chi connectivity index (χ2n) is 3.46. The predicted molar refractivity (Wildman–Crippen MR) is 58.6 cm³/mol. The van der Waals surface area contributed by atoms with Crippen LogP contribution in [-0.4, -0.2) is 21.3 Å². The molecule has 3 nitrogen and oxygen atoms in total. The smallest absolute Gasteiger partial charge is 0.0713 e. The number of methoxy groups -OCH3 is 3. The van der Waals surface area contributed by atoms with Gasteiger partial charge in [-0.1, -0.05) is 18.2 Å². The van der Waals surface area contributed by atoms with Crippen molar-refractivity contribution in [3.05, 3.63) is 34.9 Å². The van der Waals surface area contributed by atoms with Gasteiger partial charge in [0.25, 0.3) is 0 Å². The summed E-state index contributed by atoms with van der Waals surface area (Å²) in [5.74, 6) is 0. The standard InChI is InChI=1S/C12H18O3/c1-13-7-10-4-11(8-14-2)6-12(5-10)9-15-3/h4-6H,7-9H2,1-3H3. The highest BCUT2D eigenvalue weighted by atomic mass is 16.5. The van der Waals surface area contributed by atoms with Crippen molar-refractivity contribution in [2.75, 3.05) is 21.3 Å². The first kappa shape index (κ1) is 12.2. The molecule has 1 aromatic rings. The van der Waals surface area contributed by atoms with Gasteiger partial charge in [0.1, 0.15) is 0 Å². The topological polar surface area (TPSA) is 27.7 Å². The summed E-state index contributed by atoms with van der Waals surface area (Å²) in [7, 11) is 5.08. The molecule has 1 aromatic carbocycles. The van der Waals surface area contributed by atoms with Crippen LogP contribution in [0.4, 0.5) is 0 Å². The first-order chi connectivity index (χ1) is 7.30. The van der Waals surface area contributed by atoms with Crippen LogP contribution < -0.4 is 0 Å². The fraction of sp³-hybridized carbons (Fsp3) is 0.500. The van der Waals surface area contributed by atoms with E-state index in [2.05, 4.69) is 18.2 Å². The first-order valence-electron chi connectivity index (χ1n) is 4.88. The van der Waals surface area contributed by atoms with Crippen molar-refractivity contribution in [1.82, 2.24) is 0 Å². The van der Waals surface area contributed by atoms with E-state index < -0.39 is 0 Å². The molecule has 0 radical (unpaired) electrons. The summed E-state index contributed by atoms with van der Waals surface area (Å²) in [6.07, 6.45) is 0. The lowest BCUT2D eigenvalue weighted by atomic mass is 10.1. The Morgan fingerprint density at radius 2 is 0.933 bits per heavy atom. The van der Waals surface area contributed by atoms with Crippen molar-refractivity contribution < 1.29 is 14.2 Å². The van der Waals surface area contributed by atoms with Gasteiger partial charge in [-0.2, -0.15) is 0 Å². The van der Waals surface area contributed by atoms with Crippen molar-refractivity contribution in [2.45, 2.75) is 19.8 Å². The molecule has 0 heterocycles. The maximum Gasteiger partial charge on any atom is 0.0713 e. The monoisotopic (exact) mass is 210 g/mol. The van der Waals surface area contributed by atoms with Crippen LogP contribution in [0.5, 0.6) is 0 Å². The molecular weight excluding hydrogens is 192 g/mol. The molecule has 0 aliphatic rings. The summed E-state index contributed by atoms with van der Waals surface area (Å²) in [6.45, 7) is 1.86. The molecular formula is C12H18O3. The van der Waals surface area contributed by atoms with E-state index in [0.717, 1.165) is 16.7 Å². The molecule has 84 valence electrons. The zero-order valence-corrected chi connectivity index (χ0v) is 9.58. The number of hydrogen-bond donors (Lipinski definition) is 0. The third-order valence-corrected chi connectivity index (χ3v) is 2.05. The molecule has 0 aromatic heterocycles. The van der Waals surface area contributed by atoms with Crippen LogP contribution in [0.1, 0.15) is 16.7 Å². The summed E-state index contributed by atoms with van der Waals surface area (Å²) in [6, 6.07) is 6.27. The molecule has 15 heavy (non-hydrogen) atoms. The molecule has 0 unspecified atom stereocenters. The average molecular weight is 210 g/mol. The van der Waals surface area contributed by atoms with Crippen LogP contribution in [-0.2, 0) is 34.0 Å². The van der Waals surface area contributed by atoms with Crippen LogP contribution in [0.3, 0.4) is 0 Å². The summed E-state index contributed by atoms with van der Waals surface area (Å²) in [5.41, 5.74) is 3.46. The lowest BCUT2D eigenvalue weighted by molar-refractivity contribution is 0.175. The van der Waals surface area contributed by atoms with Crippen molar-refractivity contribution in [3.8, 4) is 0 Å². The SMILES string of the molecule is COCc1cc(COC)cc(COC)c1. The van der Waals surface area contributed by atoms with E-state index in [1.54, 1.807) is 21.3 Å². The van der Waals surface area contributed by atoms with Crippen LogP contribution in [0.25, 0.3) is 0 Å². The largest absolute Gasteiger partial charge is 0.380 e. The van der Waals surface area contributed by atoms with E-state index in [1.165, 1.54) is 0 Å². The Labute approximate surface area is 91.0 Å². The Morgan fingerprint density at radius 1 is 0.667 bits per heavy atom. The van der Waals surface area contributed by atoms with E-state index in [1.807, 2.05) is 0 Å². The molecule has 0 atom stereocenters. The van der Waals surface area contributed by atoms with Crippen molar-refractivity contribution in [3.63, 3.8) is 0 Å². The number of ether oxygens (including phenoxy) is 3. The molecule has 0 spiro atoms. The normalized spacial score (nSPS) is 10.6. The van der Waals surface area contributed by atoms with Gasteiger partial charge in [0.2, 0.25) is 0 Å². The van der Waals surface area contributed by atoms with Crippen LogP contribution in [0.2, 0.25) is 0 Å². The average Bonchev–Trinajstić information content (AvgIpc) is 2.19. The highest BCUT2D eigenvalue weighted by Crippen LogP contribution is 2.13. The lowest BCUT2D eigenvalue weighted by Gasteiger charge is -2.08. The second-order valence-corrected chi connectivity index (χ2v) is 3.46. The van der Waals surface area contributed by atoms with Crippen molar-refractivity contribution in [1.29, 1.82) is 0 Å². The van der Waals surface area contributed by atoms with Crippen LogP contribution in [0, 0.1) is 0 Å². The highest BCUT2D eigenvalue weighted by molar-refractivity contribution is 5.29. The van der Waals surface area contributed by atoms with E-state index in [-0.39, 0.29) is 0 Å². The van der Waals surface area contributed by atoms with Gasteiger partial charge in [-0.05, 0) is 16.7 Å². The van der Waals surface area contributed by atoms with Crippen LogP contribution in [0.15, 0.2) is 18.2 Å². The van der Waals surface area contributed by atoms with E-state index >= 15 is 0 Å². The lowest BCUT2D eigenvalue weighted by Crippen LogP contribution is -1.97. The molecule has 1 rings (SSSR count). The minimum atomic E-state index is 0.619. The van der Waals surface area contributed by atoms with Gasteiger partial charge in [0, 0.05) is 21.3 Å². The van der Waals surface area contributed by atoms with Gasteiger partial charge in [-0.3, -0.25) is 0 Å². The fourth-order valence-corrected chi connectivity index (χ4v) is 1.59. The third kappa shape index (κ3) is 4.00. The van der Waals surface area contributed by atoms with Gasteiger partial charge in [-0.15, -0.1) is 0 Å². The minimum absolute atomic E-state index is 0.619. The third-order valence-electron chi connectivity index (χ3n) is 2.05. The number of hydrogen-bond acceptors (Lipinski definition) is 3. The Bertz CT molecular complexity index is 237. The second kappa shape index (κ2) is 6.56. The van der Waals surface area contributed by atoms with Crippen molar-refractivity contribution >= 4 is 0 Å². The Morgan fingerprint density at radius 3 is 1.13 bits per heavy atom. The summed E-state index contributed by atoms with van der Waals surface area (Å²) in [4.78, 5) is 0. The zero-order chi connectivity index (χ0) is 11.1. The first-order valence-corrected chi connectivity index (χ1v) is 4.88. The van der Waals surface area contributed by atoms with Gasteiger partial charge < -0.3 is 14.2 Å². The van der Waals surface area contributed by atoms with Gasteiger partial charge in [0.15, 0.2) is 0 Å². The van der Waals surface area contributed by atoms with Gasteiger partial charge in [0.05, 0.1) is 19.8 Å². The Balaban J connectivity index is 2.86. The maximum absolute atomic E-state index is 5.11. The van der Waals surface area contributed by atoms with Gasteiger partial charge >= 0.3 is 0 Å². The summed E-state index contributed by atoms with van der Waals surface area (Å²) in [5, 5.41) is 0. The minimum Gasteiger partial charge on any atom is -0.380 e. The molecule has 0 fully saturated rings.